The minimum Gasteiger partial charge on any atom is -0.387 e. The monoisotopic (exact) mass is 212 g/mol. The maximum absolute atomic E-state index is 9.92. The Kier molecular flexibility index (Phi) is 5.09. The minimum absolute atomic E-state index is 0.579. The number of ether oxygens (including phenoxy) is 1. The average Bonchev–Trinajstić information content (AvgIpc) is 2.47. The highest BCUT2D eigenvalue weighted by atomic mass is 16.6. The van der Waals surface area contributed by atoms with Crippen LogP contribution in [0.3, 0.4) is 0 Å². The third-order valence-electron chi connectivity index (χ3n) is 0.969. The van der Waals surface area contributed by atoms with Crippen LogP contribution in [0.5, 0.6) is 0 Å². The second-order valence-corrected chi connectivity index (χ2v) is 2.21. The molecule has 15 heavy (non-hydrogen) atoms. The molecule has 0 unspecified atom stereocenters. The molecule has 7 heteroatoms. The first-order chi connectivity index (χ1) is 6.91. The van der Waals surface area contributed by atoms with Gasteiger partial charge in [-0.2, -0.15) is 0 Å². The topological polar surface area (TPSA) is 130 Å². The molecule has 0 bridgehead atoms. The summed E-state index contributed by atoms with van der Waals surface area (Å²) in [5, 5.41) is 0. The molecule has 4 N–H and O–H groups in total. The van der Waals surface area contributed by atoms with Crippen LogP contribution < -0.4 is 11.5 Å². The van der Waals surface area contributed by atoms with E-state index in [-0.39, 0.29) is 0 Å². The Balaban J connectivity index is 0.000000262. The van der Waals surface area contributed by atoms with Gasteiger partial charge in [-0.1, -0.05) is 0 Å². The second-order valence-electron chi connectivity index (χ2n) is 2.21. The fraction of sp³-hybridized carbons (Fsp3) is 0. The number of hydrogen-bond donors (Lipinski definition) is 2. The van der Waals surface area contributed by atoms with Gasteiger partial charge in [0, 0.05) is 24.3 Å². The Labute approximate surface area is 84.4 Å². The van der Waals surface area contributed by atoms with Crippen molar-refractivity contribution in [2.45, 2.75) is 0 Å². The van der Waals surface area contributed by atoms with E-state index in [0.29, 0.717) is 0 Å². The van der Waals surface area contributed by atoms with E-state index in [4.69, 9.17) is 0 Å². The molecule has 0 saturated carbocycles. The van der Waals surface area contributed by atoms with Gasteiger partial charge in [-0.3, -0.25) is 9.59 Å². The number of nitrogens with two attached hydrogens (primary N) is 2. The van der Waals surface area contributed by atoms with E-state index < -0.39 is 23.8 Å². The maximum atomic E-state index is 9.92. The number of cyclic esters (lactones) is 2. The highest BCUT2D eigenvalue weighted by Gasteiger charge is 2.10. The summed E-state index contributed by atoms with van der Waals surface area (Å²) < 4.78 is 3.97. The van der Waals surface area contributed by atoms with Crippen molar-refractivity contribution in [1.29, 1.82) is 0 Å². The van der Waals surface area contributed by atoms with Gasteiger partial charge >= 0.3 is 11.9 Å². The van der Waals surface area contributed by atoms with E-state index in [1.165, 1.54) is 0 Å². The lowest BCUT2D eigenvalue weighted by molar-refractivity contribution is -0.150. The molecule has 0 aromatic rings. The van der Waals surface area contributed by atoms with Crippen LogP contribution in [-0.4, -0.2) is 23.8 Å². The number of carbonyl (C=O) groups is 4. The lowest BCUT2D eigenvalue weighted by Gasteiger charge is -1.80. The van der Waals surface area contributed by atoms with Crippen LogP contribution in [0.25, 0.3) is 0 Å². The lowest BCUT2D eigenvalue weighted by atomic mass is 10.5. The van der Waals surface area contributed by atoms with Crippen molar-refractivity contribution in [2.75, 3.05) is 0 Å². The van der Waals surface area contributed by atoms with E-state index in [2.05, 4.69) is 16.2 Å². The molecule has 0 aromatic carbocycles. The summed E-state index contributed by atoms with van der Waals surface area (Å²) in [6.45, 7) is 0. The van der Waals surface area contributed by atoms with Crippen molar-refractivity contribution in [3.05, 3.63) is 24.3 Å². The van der Waals surface area contributed by atoms with Crippen LogP contribution in [0.1, 0.15) is 0 Å². The van der Waals surface area contributed by atoms with E-state index in [0.717, 1.165) is 24.3 Å². The number of amides is 2. The molecule has 0 fully saturated rings. The second kappa shape index (κ2) is 6.08. The van der Waals surface area contributed by atoms with Crippen molar-refractivity contribution < 1.29 is 23.9 Å². The van der Waals surface area contributed by atoms with E-state index in [9.17, 15) is 19.2 Å². The smallest absolute Gasteiger partial charge is 0.338 e. The highest BCUT2D eigenvalue weighted by Crippen LogP contribution is 1.92. The van der Waals surface area contributed by atoms with Gasteiger partial charge in [-0.25, -0.2) is 9.59 Å². The van der Waals surface area contributed by atoms with Crippen molar-refractivity contribution >= 4 is 23.8 Å². The van der Waals surface area contributed by atoms with E-state index in [1.807, 2.05) is 0 Å². The molecule has 0 saturated heterocycles. The number of hydrogen-bond acceptors (Lipinski definition) is 5. The molecule has 1 aliphatic heterocycles. The minimum atomic E-state index is -0.677. The summed E-state index contributed by atoms with van der Waals surface area (Å²) in [4.78, 5) is 39.5. The summed E-state index contributed by atoms with van der Waals surface area (Å²) in [5.41, 5.74) is 9.21. The number of primary amides is 2. The summed E-state index contributed by atoms with van der Waals surface area (Å²) in [7, 11) is 0. The van der Waals surface area contributed by atoms with Crippen LogP contribution >= 0.6 is 0 Å². The van der Waals surface area contributed by atoms with Crippen LogP contribution in [0.4, 0.5) is 0 Å². The molecule has 1 rings (SSSR count). The third-order valence-corrected chi connectivity index (χ3v) is 0.969. The molecule has 0 aromatic heterocycles. The maximum Gasteiger partial charge on any atom is 0.338 e. The summed E-state index contributed by atoms with van der Waals surface area (Å²) >= 11 is 0. The van der Waals surface area contributed by atoms with Crippen molar-refractivity contribution in [3.8, 4) is 0 Å². The van der Waals surface area contributed by atoms with Gasteiger partial charge in [0.05, 0.1) is 0 Å². The van der Waals surface area contributed by atoms with Crippen molar-refractivity contribution in [3.63, 3.8) is 0 Å². The largest absolute Gasteiger partial charge is 0.387 e. The van der Waals surface area contributed by atoms with Crippen LogP contribution in [0.2, 0.25) is 0 Å². The standard InChI is InChI=1S/C4H6N2O2.C4H2O3/c5-3(7)1-2-4(6)8;5-3-1-2-4(6)7-3/h1-2H,(H2,5,7)(H2,6,8);1-2H/b2-1-;. The quantitative estimate of drug-likeness (QED) is 0.315. The molecular formula is C8H8N2O5. The number of carbonyl (C=O) groups excluding carboxylic acids is 4. The third kappa shape index (κ3) is 7.91. The Morgan fingerprint density at radius 3 is 1.47 bits per heavy atom. The molecule has 1 aliphatic rings. The zero-order valence-electron chi connectivity index (χ0n) is 7.51. The molecule has 1 heterocycles. The number of esters is 2. The summed E-state index contributed by atoms with van der Waals surface area (Å²) in [6, 6.07) is 0. The van der Waals surface area contributed by atoms with Crippen LogP contribution in [0, 0.1) is 0 Å². The summed E-state index contributed by atoms with van der Waals surface area (Å²) in [6.07, 6.45) is 3.98. The van der Waals surface area contributed by atoms with E-state index >= 15 is 0 Å². The first-order valence-electron chi connectivity index (χ1n) is 3.62. The fourth-order valence-corrected chi connectivity index (χ4v) is 0.468. The van der Waals surface area contributed by atoms with Gasteiger partial charge < -0.3 is 16.2 Å². The Morgan fingerprint density at radius 2 is 1.33 bits per heavy atom. The molecule has 0 atom stereocenters. The van der Waals surface area contributed by atoms with E-state index in [1.54, 1.807) is 0 Å². The Hall–Kier alpha value is -2.44. The first-order valence-corrected chi connectivity index (χ1v) is 3.62. The molecule has 0 radical (unpaired) electrons. The number of rotatable bonds is 2. The molecule has 80 valence electrons. The average molecular weight is 212 g/mol. The van der Waals surface area contributed by atoms with Gasteiger partial charge in [0.2, 0.25) is 11.8 Å². The van der Waals surface area contributed by atoms with Gasteiger partial charge in [-0.15, -0.1) is 0 Å². The van der Waals surface area contributed by atoms with Crippen molar-refractivity contribution in [2.24, 2.45) is 11.5 Å². The van der Waals surface area contributed by atoms with Crippen LogP contribution in [0.15, 0.2) is 24.3 Å². The summed E-state index contributed by atoms with van der Waals surface area (Å²) in [5.74, 6) is -2.51. The lowest BCUT2D eigenvalue weighted by Crippen LogP contribution is -2.10. The first kappa shape index (κ1) is 12.6. The molecule has 0 aliphatic carbocycles. The SMILES string of the molecule is NC(=O)/C=C\C(N)=O.O=C1C=CC(=O)O1. The van der Waals surface area contributed by atoms with Gasteiger partial charge in [0.1, 0.15) is 0 Å². The molecular weight excluding hydrogens is 204 g/mol. The molecule has 2 amide bonds. The van der Waals surface area contributed by atoms with Gasteiger partial charge in [-0.05, 0) is 0 Å². The Bertz CT molecular complexity index is 324. The zero-order valence-corrected chi connectivity index (χ0v) is 7.51. The highest BCUT2D eigenvalue weighted by molar-refractivity contribution is 6.04. The van der Waals surface area contributed by atoms with Gasteiger partial charge in [0.15, 0.2) is 0 Å². The normalized spacial score (nSPS) is 13.3. The predicted molar refractivity (Wildman–Crippen MR) is 47.8 cm³/mol. The van der Waals surface area contributed by atoms with Gasteiger partial charge in [0.25, 0.3) is 0 Å². The fourth-order valence-electron chi connectivity index (χ4n) is 0.468. The molecule has 7 nitrogen and oxygen atoms in total. The predicted octanol–water partition coefficient (Wildman–Crippen LogP) is -1.86. The zero-order chi connectivity index (χ0) is 11.8. The van der Waals surface area contributed by atoms with Crippen molar-refractivity contribution in [1.82, 2.24) is 0 Å². The molecule has 0 spiro atoms. The Morgan fingerprint density at radius 1 is 1.00 bits per heavy atom. The van der Waals surface area contributed by atoms with Crippen LogP contribution in [-0.2, 0) is 23.9 Å².